The zero-order valence-electron chi connectivity index (χ0n) is 7.80. The summed E-state index contributed by atoms with van der Waals surface area (Å²) in [5, 5.41) is 4.08. The lowest BCUT2D eigenvalue weighted by atomic mass is 10.4. The van der Waals surface area contributed by atoms with Crippen LogP contribution in [0.1, 0.15) is 23.1 Å². The van der Waals surface area contributed by atoms with Crippen molar-refractivity contribution in [3.8, 4) is 0 Å². The molecule has 0 N–H and O–H groups in total. The third-order valence-electron chi connectivity index (χ3n) is 1.62. The van der Waals surface area contributed by atoms with Gasteiger partial charge in [-0.05, 0) is 29.8 Å². The number of nitrogens with zero attached hydrogens (tertiary/aromatic N) is 2. The summed E-state index contributed by atoms with van der Waals surface area (Å²) >= 11 is 3.29. The highest BCUT2D eigenvalue weighted by molar-refractivity contribution is 9.10. The molecule has 1 heterocycles. The van der Waals surface area contributed by atoms with Crippen LogP contribution >= 0.6 is 15.9 Å². The van der Waals surface area contributed by atoms with Crippen LogP contribution in [0.25, 0.3) is 0 Å². The van der Waals surface area contributed by atoms with Crippen molar-refractivity contribution >= 4 is 21.9 Å². The predicted octanol–water partition coefficient (Wildman–Crippen LogP) is 1.67. The van der Waals surface area contributed by atoms with Gasteiger partial charge >= 0.3 is 5.97 Å². The van der Waals surface area contributed by atoms with E-state index in [-0.39, 0.29) is 5.97 Å². The van der Waals surface area contributed by atoms with Crippen molar-refractivity contribution in [2.24, 2.45) is 7.05 Å². The van der Waals surface area contributed by atoms with Crippen LogP contribution < -0.4 is 0 Å². The Morgan fingerprint density at radius 2 is 2.31 bits per heavy atom. The van der Waals surface area contributed by atoms with Crippen LogP contribution in [0.4, 0.5) is 0 Å². The van der Waals surface area contributed by atoms with Gasteiger partial charge < -0.3 is 4.74 Å². The summed E-state index contributed by atoms with van der Waals surface area (Å²) in [6.45, 7) is 3.97. The molecule has 1 rings (SSSR count). The van der Waals surface area contributed by atoms with Crippen molar-refractivity contribution in [1.29, 1.82) is 0 Å². The SMILES string of the molecule is CCOC(=O)c1c(Br)c(C)nn1C. The Bertz CT molecular complexity index is 333. The van der Waals surface area contributed by atoms with Gasteiger partial charge in [-0.15, -0.1) is 0 Å². The fourth-order valence-corrected chi connectivity index (χ4v) is 1.55. The topological polar surface area (TPSA) is 44.1 Å². The molecule has 0 aliphatic rings. The number of aryl methyl sites for hydroxylation is 2. The third-order valence-corrected chi connectivity index (χ3v) is 2.57. The van der Waals surface area contributed by atoms with Gasteiger partial charge in [-0.2, -0.15) is 5.10 Å². The van der Waals surface area contributed by atoms with Crippen molar-refractivity contribution in [2.75, 3.05) is 6.61 Å². The normalized spacial score (nSPS) is 10.2. The molecular formula is C8H11BrN2O2. The Kier molecular flexibility index (Phi) is 3.08. The molecule has 0 saturated heterocycles. The van der Waals surface area contributed by atoms with Gasteiger partial charge in [0, 0.05) is 7.05 Å². The van der Waals surface area contributed by atoms with Gasteiger partial charge in [0.05, 0.1) is 16.8 Å². The van der Waals surface area contributed by atoms with E-state index in [1.807, 2.05) is 6.92 Å². The molecular weight excluding hydrogens is 236 g/mol. The lowest BCUT2D eigenvalue weighted by molar-refractivity contribution is 0.0512. The lowest BCUT2D eigenvalue weighted by Gasteiger charge is -2.01. The maximum Gasteiger partial charge on any atom is 0.357 e. The standard InChI is InChI=1S/C8H11BrN2O2/c1-4-13-8(12)7-6(9)5(2)10-11(7)3/h4H2,1-3H3. The highest BCUT2D eigenvalue weighted by Crippen LogP contribution is 2.20. The summed E-state index contributed by atoms with van der Waals surface area (Å²) in [7, 11) is 1.71. The highest BCUT2D eigenvalue weighted by Gasteiger charge is 2.18. The Morgan fingerprint density at radius 1 is 1.69 bits per heavy atom. The average Bonchev–Trinajstić information content (AvgIpc) is 2.27. The molecule has 0 aliphatic heterocycles. The minimum absolute atomic E-state index is 0.350. The van der Waals surface area contributed by atoms with Gasteiger partial charge in [0.1, 0.15) is 0 Å². The average molecular weight is 247 g/mol. The first-order valence-corrected chi connectivity index (χ1v) is 4.73. The molecule has 0 aromatic carbocycles. The van der Waals surface area contributed by atoms with E-state index >= 15 is 0 Å². The number of carbonyl (C=O) groups excluding carboxylic acids is 1. The number of ether oxygens (including phenoxy) is 1. The Balaban J connectivity index is 3.06. The number of hydrogen-bond acceptors (Lipinski definition) is 3. The second-order valence-corrected chi connectivity index (χ2v) is 3.39. The van der Waals surface area contributed by atoms with E-state index in [1.165, 1.54) is 4.68 Å². The van der Waals surface area contributed by atoms with Gasteiger partial charge in [-0.3, -0.25) is 4.68 Å². The van der Waals surface area contributed by atoms with Gasteiger partial charge in [-0.25, -0.2) is 4.79 Å². The quantitative estimate of drug-likeness (QED) is 0.746. The molecule has 0 saturated carbocycles. The first-order chi connectivity index (χ1) is 6.07. The van der Waals surface area contributed by atoms with E-state index < -0.39 is 0 Å². The van der Waals surface area contributed by atoms with Crippen molar-refractivity contribution in [1.82, 2.24) is 9.78 Å². The second kappa shape index (κ2) is 3.91. The summed E-state index contributed by atoms with van der Waals surface area (Å²) in [4.78, 5) is 11.4. The van der Waals surface area contributed by atoms with Gasteiger partial charge in [0.15, 0.2) is 5.69 Å². The summed E-state index contributed by atoms with van der Waals surface area (Å²) in [6.07, 6.45) is 0. The van der Waals surface area contributed by atoms with E-state index in [0.29, 0.717) is 16.8 Å². The summed E-state index contributed by atoms with van der Waals surface area (Å²) < 4.78 is 7.09. The van der Waals surface area contributed by atoms with Crippen LogP contribution in [0.3, 0.4) is 0 Å². The first-order valence-electron chi connectivity index (χ1n) is 3.94. The molecule has 0 radical (unpaired) electrons. The minimum atomic E-state index is -0.350. The maximum atomic E-state index is 11.4. The van der Waals surface area contributed by atoms with Crippen LogP contribution in [0, 0.1) is 6.92 Å². The lowest BCUT2D eigenvalue weighted by Crippen LogP contribution is -2.10. The molecule has 0 unspecified atom stereocenters. The number of aromatic nitrogens is 2. The Morgan fingerprint density at radius 3 is 2.69 bits per heavy atom. The molecule has 1 aromatic rings. The number of carbonyl (C=O) groups is 1. The fraction of sp³-hybridized carbons (Fsp3) is 0.500. The van der Waals surface area contributed by atoms with Crippen molar-refractivity contribution in [3.63, 3.8) is 0 Å². The summed E-state index contributed by atoms with van der Waals surface area (Å²) in [6, 6.07) is 0. The zero-order chi connectivity index (χ0) is 10.0. The molecule has 0 amide bonds. The highest BCUT2D eigenvalue weighted by atomic mass is 79.9. The van der Waals surface area contributed by atoms with Crippen LogP contribution in [0.2, 0.25) is 0 Å². The van der Waals surface area contributed by atoms with Crippen LogP contribution in [0.5, 0.6) is 0 Å². The third kappa shape index (κ3) is 1.91. The summed E-state index contributed by atoms with van der Waals surface area (Å²) in [5.74, 6) is -0.350. The Hall–Kier alpha value is -0.840. The van der Waals surface area contributed by atoms with Gasteiger partial charge in [0.25, 0.3) is 0 Å². The summed E-state index contributed by atoms with van der Waals surface area (Å²) in [5.41, 5.74) is 1.24. The fourth-order valence-electron chi connectivity index (χ4n) is 1.05. The van der Waals surface area contributed by atoms with Crippen molar-refractivity contribution in [3.05, 3.63) is 15.9 Å². The molecule has 72 valence electrons. The monoisotopic (exact) mass is 246 g/mol. The molecule has 0 fully saturated rings. The van der Waals surface area contributed by atoms with Gasteiger partial charge in [-0.1, -0.05) is 0 Å². The molecule has 5 heteroatoms. The van der Waals surface area contributed by atoms with E-state index in [2.05, 4.69) is 21.0 Å². The molecule has 0 atom stereocenters. The molecule has 1 aromatic heterocycles. The van der Waals surface area contributed by atoms with Gasteiger partial charge in [0.2, 0.25) is 0 Å². The van der Waals surface area contributed by atoms with Crippen LogP contribution in [-0.2, 0) is 11.8 Å². The number of rotatable bonds is 2. The molecule has 0 bridgehead atoms. The second-order valence-electron chi connectivity index (χ2n) is 2.59. The van der Waals surface area contributed by atoms with E-state index in [4.69, 9.17) is 4.74 Å². The number of esters is 1. The largest absolute Gasteiger partial charge is 0.461 e. The van der Waals surface area contributed by atoms with E-state index in [0.717, 1.165) is 5.69 Å². The molecule has 13 heavy (non-hydrogen) atoms. The number of hydrogen-bond donors (Lipinski definition) is 0. The zero-order valence-corrected chi connectivity index (χ0v) is 9.38. The minimum Gasteiger partial charge on any atom is -0.461 e. The predicted molar refractivity (Wildman–Crippen MR) is 51.6 cm³/mol. The molecule has 0 spiro atoms. The smallest absolute Gasteiger partial charge is 0.357 e. The number of halogens is 1. The molecule has 0 aliphatic carbocycles. The van der Waals surface area contributed by atoms with Crippen molar-refractivity contribution in [2.45, 2.75) is 13.8 Å². The van der Waals surface area contributed by atoms with E-state index in [9.17, 15) is 4.79 Å². The van der Waals surface area contributed by atoms with Crippen molar-refractivity contribution < 1.29 is 9.53 Å². The van der Waals surface area contributed by atoms with Crippen LogP contribution in [0.15, 0.2) is 4.47 Å². The first kappa shape index (κ1) is 10.2. The van der Waals surface area contributed by atoms with E-state index in [1.54, 1.807) is 14.0 Å². The van der Waals surface area contributed by atoms with Crippen LogP contribution in [-0.4, -0.2) is 22.4 Å². The Labute approximate surface area is 85.0 Å². The maximum absolute atomic E-state index is 11.4. The molecule has 4 nitrogen and oxygen atoms in total.